The molecular weight excluding hydrogens is 473 g/mol. The molecule has 1 aliphatic heterocycles. The number of anilines is 1. The van der Waals surface area contributed by atoms with E-state index in [0.717, 1.165) is 5.56 Å². The van der Waals surface area contributed by atoms with Gasteiger partial charge in [0, 0.05) is 11.3 Å². The number of para-hydroxylation sites is 1. The maximum Gasteiger partial charge on any atom is 0.415 e. The molecule has 4 aromatic rings. The molecule has 1 fully saturated rings. The summed E-state index contributed by atoms with van der Waals surface area (Å²) in [7, 11) is 0. The number of carbonyl (C=O) groups excluding carboxylic acids is 1. The quantitative estimate of drug-likeness (QED) is 0.271. The number of benzene rings is 4. The van der Waals surface area contributed by atoms with Gasteiger partial charge < -0.3 is 20.1 Å². The van der Waals surface area contributed by atoms with Gasteiger partial charge in [-0.15, -0.1) is 0 Å². The normalized spacial score (nSPS) is 18.0. The molecule has 0 aromatic heterocycles. The van der Waals surface area contributed by atoms with E-state index in [-0.39, 0.29) is 23.7 Å². The Morgan fingerprint density at radius 1 is 0.865 bits per heavy atom. The first-order valence-electron chi connectivity index (χ1n) is 12.0. The maximum absolute atomic E-state index is 13.3. The van der Waals surface area contributed by atoms with Crippen LogP contribution in [0.2, 0.25) is 0 Å². The predicted molar refractivity (Wildman–Crippen MR) is 138 cm³/mol. The first-order valence-corrected chi connectivity index (χ1v) is 12.0. The fourth-order valence-corrected chi connectivity index (χ4v) is 4.77. The van der Waals surface area contributed by atoms with Crippen molar-refractivity contribution in [3.8, 4) is 22.6 Å². The molecule has 188 valence electrons. The van der Waals surface area contributed by atoms with Gasteiger partial charge in [0.2, 0.25) is 0 Å². The van der Waals surface area contributed by atoms with E-state index < -0.39 is 24.3 Å². The molecule has 0 aliphatic carbocycles. The number of aliphatic hydroxyl groups excluding tert-OH is 1. The first kappa shape index (κ1) is 24.3. The summed E-state index contributed by atoms with van der Waals surface area (Å²) in [4.78, 5) is 14.6. The van der Waals surface area contributed by atoms with Crippen molar-refractivity contribution in [1.29, 1.82) is 0 Å². The summed E-state index contributed by atoms with van der Waals surface area (Å²) >= 11 is 0. The molecule has 0 bridgehead atoms. The van der Waals surface area contributed by atoms with Gasteiger partial charge in [0.05, 0.1) is 6.10 Å². The average molecular weight is 500 g/mol. The summed E-state index contributed by atoms with van der Waals surface area (Å²) in [5.74, 6) is -0.288. The smallest absolute Gasteiger partial charge is 0.415 e. The summed E-state index contributed by atoms with van der Waals surface area (Å²) in [6, 6.07) is 25.9. The standard InChI is InChI=1S/C30H26FNO5/c31-22-12-9-19(10-13-22)26(34)15-16-28-29(32(30(36)37-28)23-6-2-1-3-7-23)25-14-11-21(18-27(25)35)20-5-4-8-24(33)17-20/h1-14,17-18,26,28-29,33-35H,15-16H2/t26?,28-,29-/m1/s1. The number of rotatable bonds is 7. The Morgan fingerprint density at radius 3 is 2.30 bits per heavy atom. The van der Waals surface area contributed by atoms with Crippen LogP contribution in [0.15, 0.2) is 97.1 Å². The molecule has 4 aromatic carbocycles. The van der Waals surface area contributed by atoms with E-state index >= 15 is 0 Å². The minimum atomic E-state index is -0.868. The van der Waals surface area contributed by atoms with Crippen molar-refractivity contribution in [3.63, 3.8) is 0 Å². The Labute approximate surface area is 213 Å². The lowest BCUT2D eigenvalue weighted by molar-refractivity contribution is 0.100. The van der Waals surface area contributed by atoms with E-state index in [4.69, 9.17) is 4.74 Å². The molecule has 7 heteroatoms. The van der Waals surface area contributed by atoms with Crippen LogP contribution in [0.25, 0.3) is 11.1 Å². The lowest BCUT2D eigenvalue weighted by atomic mass is 9.92. The van der Waals surface area contributed by atoms with E-state index in [0.29, 0.717) is 28.8 Å². The Morgan fingerprint density at radius 2 is 1.59 bits per heavy atom. The third kappa shape index (κ3) is 5.13. The fraction of sp³-hybridized carbons (Fsp3) is 0.167. The zero-order chi connectivity index (χ0) is 25.9. The summed E-state index contributed by atoms with van der Waals surface area (Å²) in [5, 5.41) is 31.6. The number of hydrogen-bond acceptors (Lipinski definition) is 5. The summed E-state index contributed by atoms with van der Waals surface area (Å²) in [5.41, 5.74) is 3.13. The van der Waals surface area contributed by atoms with Crippen molar-refractivity contribution in [2.45, 2.75) is 31.1 Å². The third-order valence-electron chi connectivity index (χ3n) is 6.62. The SMILES string of the molecule is O=C1O[C@H](CCC(O)c2ccc(F)cc2)[C@@H](c2ccc(-c3cccc(O)c3)cc2O)N1c1ccccc1. The van der Waals surface area contributed by atoms with Crippen molar-refractivity contribution in [3.05, 3.63) is 114 Å². The zero-order valence-electron chi connectivity index (χ0n) is 19.9. The van der Waals surface area contributed by atoms with Gasteiger partial charge in [0.15, 0.2) is 0 Å². The number of halogens is 1. The molecule has 1 heterocycles. The van der Waals surface area contributed by atoms with Gasteiger partial charge in [-0.25, -0.2) is 9.18 Å². The largest absolute Gasteiger partial charge is 0.508 e. The fourth-order valence-electron chi connectivity index (χ4n) is 4.77. The van der Waals surface area contributed by atoms with Gasteiger partial charge in [-0.05, 0) is 72.0 Å². The first-order chi connectivity index (χ1) is 17.9. The number of nitrogens with zero attached hydrogens (tertiary/aromatic N) is 1. The van der Waals surface area contributed by atoms with Gasteiger partial charge in [0.1, 0.15) is 29.5 Å². The zero-order valence-corrected chi connectivity index (χ0v) is 19.9. The highest BCUT2D eigenvalue weighted by molar-refractivity contribution is 5.91. The molecule has 6 nitrogen and oxygen atoms in total. The maximum atomic E-state index is 13.3. The van der Waals surface area contributed by atoms with Crippen LogP contribution in [0.5, 0.6) is 11.5 Å². The molecule has 1 unspecified atom stereocenters. The van der Waals surface area contributed by atoms with Crippen molar-refractivity contribution < 1.29 is 29.2 Å². The number of cyclic esters (lactones) is 1. The lowest BCUT2D eigenvalue weighted by Gasteiger charge is -2.26. The second-order valence-electron chi connectivity index (χ2n) is 9.04. The van der Waals surface area contributed by atoms with Crippen LogP contribution < -0.4 is 4.90 Å². The van der Waals surface area contributed by atoms with E-state index in [1.54, 1.807) is 42.5 Å². The Balaban J connectivity index is 1.46. The molecule has 37 heavy (non-hydrogen) atoms. The van der Waals surface area contributed by atoms with Gasteiger partial charge in [-0.1, -0.05) is 54.6 Å². The Bertz CT molecular complexity index is 1390. The van der Waals surface area contributed by atoms with Crippen LogP contribution in [0, 0.1) is 5.82 Å². The van der Waals surface area contributed by atoms with E-state index in [2.05, 4.69) is 0 Å². The van der Waals surface area contributed by atoms with Crippen molar-refractivity contribution in [2.75, 3.05) is 4.90 Å². The monoisotopic (exact) mass is 499 g/mol. The van der Waals surface area contributed by atoms with Crippen LogP contribution in [0.4, 0.5) is 14.9 Å². The van der Waals surface area contributed by atoms with Gasteiger partial charge in [0.25, 0.3) is 0 Å². The second-order valence-corrected chi connectivity index (χ2v) is 9.04. The number of hydrogen-bond donors (Lipinski definition) is 3. The molecule has 0 radical (unpaired) electrons. The highest BCUT2D eigenvalue weighted by Gasteiger charge is 2.44. The van der Waals surface area contributed by atoms with Gasteiger partial charge in [-0.2, -0.15) is 0 Å². The minimum Gasteiger partial charge on any atom is -0.508 e. The highest BCUT2D eigenvalue weighted by Crippen LogP contribution is 2.43. The van der Waals surface area contributed by atoms with E-state index in [1.165, 1.54) is 29.2 Å². The van der Waals surface area contributed by atoms with Crippen LogP contribution >= 0.6 is 0 Å². The molecule has 0 spiro atoms. The summed E-state index contributed by atoms with van der Waals surface area (Å²) < 4.78 is 19.0. The number of phenolic OH excluding ortho intramolecular Hbond substituents is 2. The number of phenols is 2. The topological polar surface area (TPSA) is 90.2 Å². The Kier molecular flexibility index (Phi) is 6.79. The molecule has 1 amide bonds. The lowest BCUT2D eigenvalue weighted by Crippen LogP contribution is -2.29. The van der Waals surface area contributed by atoms with Crippen LogP contribution in [-0.2, 0) is 4.74 Å². The molecule has 5 rings (SSSR count). The van der Waals surface area contributed by atoms with Gasteiger partial charge in [-0.3, -0.25) is 4.90 Å². The van der Waals surface area contributed by atoms with Crippen LogP contribution in [-0.4, -0.2) is 27.5 Å². The average Bonchev–Trinajstić information content (AvgIpc) is 3.23. The molecule has 3 atom stereocenters. The molecular formula is C30H26FNO5. The van der Waals surface area contributed by atoms with Gasteiger partial charge >= 0.3 is 6.09 Å². The number of ether oxygens (including phenoxy) is 1. The van der Waals surface area contributed by atoms with Crippen LogP contribution in [0.3, 0.4) is 0 Å². The number of aliphatic hydroxyl groups is 1. The van der Waals surface area contributed by atoms with Crippen molar-refractivity contribution in [2.24, 2.45) is 0 Å². The predicted octanol–water partition coefficient (Wildman–Crippen LogP) is 6.48. The number of amides is 1. The number of aromatic hydroxyl groups is 2. The van der Waals surface area contributed by atoms with E-state index in [9.17, 15) is 24.5 Å². The molecule has 0 saturated carbocycles. The number of carbonyl (C=O) groups is 1. The highest BCUT2D eigenvalue weighted by atomic mass is 19.1. The van der Waals surface area contributed by atoms with Crippen molar-refractivity contribution in [1.82, 2.24) is 0 Å². The van der Waals surface area contributed by atoms with E-state index in [1.807, 2.05) is 30.3 Å². The summed E-state index contributed by atoms with van der Waals surface area (Å²) in [6.45, 7) is 0. The molecule has 1 saturated heterocycles. The second kappa shape index (κ2) is 10.3. The third-order valence-corrected chi connectivity index (χ3v) is 6.62. The molecule has 1 aliphatic rings. The van der Waals surface area contributed by atoms with Crippen molar-refractivity contribution >= 4 is 11.8 Å². The minimum absolute atomic E-state index is 0.0193. The Hall–Kier alpha value is -4.36. The molecule has 3 N–H and O–H groups in total. The van der Waals surface area contributed by atoms with Crippen LogP contribution in [0.1, 0.15) is 36.1 Å². The summed E-state index contributed by atoms with van der Waals surface area (Å²) in [6.07, 6.45) is -1.49.